The number of nitrogens with one attached hydrogen (secondary N) is 2. The highest BCUT2D eigenvalue weighted by Crippen LogP contribution is 1.99. The van der Waals surface area contributed by atoms with Crippen molar-refractivity contribution in [3.63, 3.8) is 0 Å². The molecule has 0 unspecified atom stereocenters. The number of hydrogen-bond acceptors (Lipinski definition) is 6. The molecule has 0 saturated heterocycles. The highest BCUT2D eigenvalue weighted by molar-refractivity contribution is 5.75. The molecule has 9 nitrogen and oxygen atoms in total. The highest BCUT2D eigenvalue weighted by Gasteiger charge is 2.17. The molecule has 0 aromatic heterocycles. The Morgan fingerprint density at radius 2 is 1.65 bits per heavy atom. The highest BCUT2D eigenvalue weighted by atomic mass is 16.4. The third-order valence-corrected chi connectivity index (χ3v) is 2.61. The van der Waals surface area contributed by atoms with Crippen LogP contribution in [0.1, 0.15) is 32.1 Å². The van der Waals surface area contributed by atoms with Gasteiger partial charge in [0.15, 0.2) is 0 Å². The Hall–Kier alpha value is -1.71. The van der Waals surface area contributed by atoms with E-state index in [4.69, 9.17) is 21.1 Å². The van der Waals surface area contributed by atoms with Crippen molar-refractivity contribution < 1.29 is 29.7 Å². The van der Waals surface area contributed by atoms with E-state index in [1.165, 1.54) is 0 Å². The van der Waals surface area contributed by atoms with Crippen LogP contribution in [0.25, 0.3) is 0 Å². The Bertz CT molecular complexity index is 336. The number of carbonyl (C=O) groups is 3. The molecule has 0 bridgehead atoms. The lowest BCUT2D eigenvalue weighted by Crippen LogP contribution is -2.46. The first-order valence-electron chi connectivity index (χ1n) is 6.26. The zero-order chi connectivity index (χ0) is 15.5. The van der Waals surface area contributed by atoms with E-state index in [-0.39, 0.29) is 12.8 Å². The van der Waals surface area contributed by atoms with Gasteiger partial charge in [0.25, 0.3) is 0 Å². The molecule has 0 fully saturated rings. The lowest BCUT2D eigenvalue weighted by Gasteiger charge is -2.14. The Morgan fingerprint density at radius 3 is 2.15 bits per heavy atom. The lowest BCUT2D eigenvalue weighted by molar-refractivity contribution is -0.141. The Labute approximate surface area is 116 Å². The fourth-order valence-electron chi connectivity index (χ4n) is 1.42. The predicted octanol–water partition coefficient (Wildman–Crippen LogP) is -1.02. The molecule has 116 valence electrons. The molecule has 0 radical (unpaired) electrons. The minimum absolute atomic E-state index is 0.0262. The van der Waals surface area contributed by atoms with E-state index in [9.17, 15) is 14.4 Å². The number of hydrogen-bond donors (Lipinski definition) is 6. The van der Waals surface area contributed by atoms with Gasteiger partial charge in [-0.15, -0.1) is 0 Å². The molecule has 2 atom stereocenters. The van der Waals surface area contributed by atoms with Crippen molar-refractivity contribution in [2.75, 3.05) is 6.54 Å². The van der Waals surface area contributed by atoms with Gasteiger partial charge in [0.2, 0.25) is 0 Å². The summed E-state index contributed by atoms with van der Waals surface area (Å²) >= 11 is 0. The topological polar surface area (TPSA) is 162 Å². The largest absolute Gasteiger partial charge is 0.481 e. The quantitative estimate of drug-likeness (QED) is 0.195. The van der Waals surface area contributed by atoms with Gasteiger partial charge in [0.1, 0.15) is 12.1 Å². The summed E-state index contributed by atoms with van der Waals surface area (Å²) in [6.45, 7) is 0.434. The maximum absolute atomic E-state index is 10.8. The monoisotopic (exact) mass is 291 g/mol. The van der Waals surface area contributed by atoms with Crippen LogP contribution in [0, 0.1) is 0 Å². The van der Waals surface area contributed by atoms with E-state index in [0.29, 0.717) is 25.8 Å². The van der Waals surface area contributed by atoms with Gasteiger partial charge in [-0.1, -0.05) is 0 Å². The molecule has 0 aliphatic carbocycles. The minimum Gasteiger partial charge on any atom is -0.481 e. The molecule has 0 aromatic carbocycles. The van der Waals surface area contributed by atoms with Crippen LogP contribution in [0.2, 0.25) is 0 Å². The summed E-state index contributed by atoms with van der Waals surface area (Å²) in [4.78, 5) is 31.6. The normalized spacial score (nSPS) is 13.7. The van der Waals surface area contributed by atoms with Crippen molar-refractivity contribution in [2.45, 2.75) is 44.2 Å². The average molecular weight is 291 g/mol. The second kappa shape index (κ2) is 10.1. The predicted molar refractivity (Wildman–Crippen MR) is 68.9 cm³/mol. The number of aliphatic carboxylic acids is 3. The van der Waals surface area contributed by atoms with E-state index in [1.807, 2.05) is 0 Å². The minimum atomic E-state index is -1.13. The fraction of sp³-hybridized carbons (Fsp3) is 0.727. The Morgan fingerprint density at radius 1 is 1.00 bits per heavy atom. The van der Waals surface area contributed by atoms with Crippen molar-refractivity contribution >= 4 is 17.9 Å². The van der Waals surface area contributed by atoms with Crippen LogP contribution in [0.3, 0.4) is 0 Å². The Kier molecular flexibility index (Phi) is 9.26. The van der Waals surface area contributed by atoms with E-state index in [1.54, 1.807) is 0 Å². The summed E-state index contributed by atoms with van der Waals surface area (Å²) in [5.41, 5.74) is 10.5. The van der Waals surface area contributed by atoms with Gasteiger partial charge < -0.3 is 21.1 Å². The number of carboxylic acid groups (broad SMARTS) is 3. The summed E-state index contributed by atoms with van der Waals surface area (Å²) in [6.07, 6.45) is 1.30. The first-order valence-corrected chi connectivity index (χ1v) is 6.26. The number of unbranched alkanes of at least 4 members (excludes halogenated alkanes) is 1. The molecule has 0 spiro atoms. The SMILES string of the molecule is N[C@@H](CCCCNN[C@@H](CCC(=O)O)C(=O)O)C(=O)O. The van der Waals surface area contributed by atoms with Crippen LogP contribution in [-0.2, 0) is 14.4 Å². The van der Waals surface area contributed by atoms with Gasteiger partial charge in [-0.25, -0.2) is 5.43 Å². The van der Waals surface area contributed by atoms with Crippen LogP contribution in [0.5, 0.6) is 0 Å². The summed E-state index contributed by atoms with van der Waals surface area (Å²) in [5.74, 6) is -3.23. The van der Waals surface area contributed by atoms with Crippen LogP contribution in [0.15, 0.2) is 0 Å². The second-order valence-corrected chi connectivity index (χ2v) is 4.33. The molecule has 0 rings (SSSR count). The molecule has 0 aromatic rings. The second-order valence-electron chi connectivity index (χ2n) is 4.33. The third-order valence-electron chi connectivity index (χ3n) is 2.61. The van der Waals surface area contributed by atoms with Gasteiger partial charge in [0, 0.05) is 13.0 Å². The van der Waals surface area contributed by atoms with Crippen LogP contribution >= 0.6 is 0 Å². The number of carboxylic acids is 3. The molecular formula is C11H21N3O6. The summed E-state index contributed by atoms with van der Waals surface area (Å²) < 4.78 is 0. The Balaban J connectivity index is 3.71. The summed E-state index contributed by atoms with van der Waals surface area (Å²) in [5, 5.41) is 25.9. The van der Waals surface area contributed by atoms with Gasteiger partial charge >= 0.3 is 17.9 Å². The van der Waals surface area contributed by atoms with E-state index in [0.717, 1.165) is 0 Å². The van der Waals surface area contributed by atoms with Crippen molar-refractivity contribution in [1.82, 2.24) is 10.9 Å². The van der Waals surface area contributed by atoms with Crippen molar-refractivity contribution in [2.24, 2.45) is 5.73 Å². The van der Waals surface area contributed by atoms with Gasteiger partial charge in [-0.2, -0.15) is 0 Å². The third kappa shape index (κ3) is 9.25. The molecule has 9 heteroatoms. The van der Waals surface area contributed by atoms with Crippen LogP contribution < -0.4 is 16.6 Å². The maximum Gasteiger partial charge on any atom is 0.322 e. The first-order chi connectivity index (χ1) is 9.34. The van der Waals surface area contributed by atoms with Gasteiger partial charge in [-0.05, 0) is 25.7 Å². The fourth-order valence-corrected chi connectivity index (χ4v) is 1.42. The summed E-state index contributed by atoms with van der Waals surface area (Å²) in [6, 6.07) is -1.86. The molecular weight excluding hydrogens is 270 g/mol. The molecule has 20 heavy (non-hydrogen) atoms. The van der Waals surface area contributed by atoms with E-state index >= 15 is 0 Å². The standard InChI is InChI=1S/C11H21N3O6/c12-7(10(17)18)3-1-2-6-13-14-8(11(19)20)4-5-9(15)16/h7-8,13-14H,1-6,12H2,(H,15,16)(H,17,18)(H,19,20)/t7-,8-/m0/s1. The number of hydrazine groups is 1. The van der Waals surface area contributed by atoms with Gasteiger partial charge in [0.05, 0.1) is 0 Å². The molecule has 0 heterocycles. The molecule has 7 N–H and O–H groups in total. The molecule has 0 saturated carbocycles. The smallest absolute Gasteiger partial charge is 0.322 e. The zero-order valence-electron chi connectivity index (χ0n) is 11.0. The maximum atomic E-state index is 10.8. The zero-order valence-corrected chi connectivity index (χ0v) is 11.0. The van der Waals surface area contributed by atoms with Crippen molar-refractivity contribution in [3.8, 4) is 0 Å². The van der Waals surface area contributed by atoms with Crippen molar-refractivity contribution in [3.05, 3.63) is 0 Å². The van der Waals surface area contributed by atoms with Crippen LogP contribution in [-0.4, -0.2) is 51.9 Å². The molecule has 0 aliphatic rings. The van der Waals surface area contributed by atoms with E-state index in [2.05, 4.69) is 10.9 Å². The first kappa shape index (κ1) is 18.3. The van der Waals surface area contributed by atoms with Crippen molar-refractivity contribution in [1.29, 1.82) is 0 Å². The van der Waals surface area contributed by atoms with Crippen LogP contribution in [0.4, 0.5) is 0 Å². The number of nitrogens with two attached hydrogens (primary N) is 1. The molecule has 0 aliphatic heterocycles. The van der Waals surface area contributed by atoms with Gasteiger partial charge in [-0.3, -0.25) is 19.8 Å². The molecule has 0 amide bonds. The average Bonchev–Trinajstić information content (AvgIpc) is 2.35. The lowest BCUT2D eigenvalue weighted by atomic mass is 10.1. The summed E-state index contributed by atoms with van der Waals surface area (Å²) in [7, 11) is 0. The number of rotatable bonds is 12. The van der Waals surface area contributed by atoms with E-state index < -0.39 is 30.0 Å².